The Morgan fingerprint density at radius 2 is 1.76 bits per heavy atom. The minimum absolute atomic E-state index is 0.0393. The first-order valence-corrected chi connectivity index (χ1v) is 12.3. The normalized spacial score (nSPS) is 26.2. The molecule has 9 heteroatoms. The highest BCUT2D eigenvalue weighted by molar-refractivity contribution is 5.83. The van der Waals surface area contributed by atoms with Crippen molar-refractivity contribution in [1.82, 2.24) is 4.98 Å². The van der Waals surface area contributed by atoms with Crippen LogP contribution in [-0.4, -0.2) is 40.3 Å². The lowest BCUT2D eigenvalue weighted by Gasteiger charge is -2.57. The minimum Gasteiger partial charge on any atom is -0.497 e. The summed E-state index contributed by atoms with van der Waals surface area (Å²) in [7, 11) is 1.53. The van der Waals surface area contributed by atoms with Gasteiger partial charge in [-0.2, -0.15) is 0 Å². The molecule has 37 heavy (non-hydrogen) atoms. The second-order valence-electron chi connectivity index (χ2n) is 10.1. The predicted octanol–water partition coefficient (Wildman–Crippen LogP) is 6.12. The van der Waals surface area contributed by atoms with Crippen LogP contribution in [0.15, 0.2) is 43.1 Å². The summed E-state index contributed by atoms with van der Waals surface area (Å²) in [6.07, 6.45) is 4.89. The predicted molar refractivity (Wildman–Crippen MR) is 128 cm³/mol. The largest absolute Gasteiger partial charge is 0.497 e. The van der Waals surface area contributed by atoms with Crippen molar-refractivity contribution in [2.45, 2.75) is 50.4 Å². The molecule has 5 rings (SSSR count). The zero-order valence-electron chi connectivity index (χ0n) is 20.4. The highest BCUT2D eigenvalue weighted by Gasteiger charge is 2.56. The van der Waals surface area contributed by atoms with Crippen LogP contribution in [0.25, 0.3) is 10.9 Å². The van der Waals surface area contributed by atoms with Gasteiger partial charge in [-0.3, -0.25) is 4.98 Å². The number of hydrogen-bond acceptors (Lipinski definition) is 3. The van der Waals surface area contributed by atoms with Gasteiger partial charge < -0.3 is 14.3 Å². The zero-order valence-corrected chi connectivity index (χ0v) is 20.4. The molecule has 3 aromatic rings. The summed E-state index contributed by atoms with van der Waals surface area (Å²) in [4.78, 5) is 4.37. The van der Waals surface area contributed by atoms with Crippen LogP contribution < -0.4 is 4.74 Å². The van der Waals surface area contributed by atoms with Crippen LogP contribution in [0.5, 0.6) is 5.75 Å². The average Bonchev–Trinajstić information content (AvgIpc) is 3.01. The first-order valence-electron chi connectivity index (χ1n) is 12.3. The molecule has 4 nitrogen and oxygen atoms in total. The van der Waals surface area contributed by atoms with E-state index in [0.29, 0.717) is 54.4 Å². The fourth-order valence-electron chi connectivity index (χ4n) is 6.32. The van der Waals surface area contributed by atoms with E-state index >= 15 is 0 Å². The van der Waals surface area contributed by atoms with Crippen LogP contribution in [0.1, 0.15) is 42.9 Å². The van der Waals surface area contributed by atoms with Crippen LogP contribution in [0, 0.1) is 35.0 Å². The number of halogens is 5. The Balaban J connectivity index is 1.63. The average molecular weight is 520 g/mol. The molecule has 0 aliphatic carbocycles. The summed E-state index contributed by atoms with van der Waals surface area (Å²) in [5.41, 5.74) is 0.379. The molecule has 2 saturated heterocycles. The molecule has 2 aromatic carbocycles. The molecule has 1 aromatic heterocycles. The molecule has 196 valence electrons. The van der Waals surface area contributed by atoms with Gasteiger partial charge in [0.2, 0.25) is 5.82 Å². The number of methoxy groups -OCH3 is 1. The third-order valence-electron chi connectivity index (χ3n) is 8.43. The Kier molecular flexibility index (Phi) is 6.70. The van der Waals surface area contributed by atoms with Crippen LogP contribution in [-0.2, 0) is 6.54 Å². The first kappa shape index (κ1) is 25.6. The quantitative estimate of drug-likeness (QED) is 0.140. The van der Waals surface area contributed by atoms with Crippen molar-refractivity contribution in [3.8, 4) is 5.75 Å². The van der Waals surface area contributed by atoms with Crippen molar-refractivity contribution < 1.29 is 36.3 Å². The maximum Gasteiger partial charge on any atom is 0.200 e. The summed E-state index contributed by atoms with van der Waals surface area (Å²) in [5, 5.41) is 12.5. The Morgan fingerprint density at radius 3 is 2.38 bits per heavy atom. The number of nitrogens with zero attached hydrogens (tertiary/aromatic N) is 2. The molecule has 0 saturated carbocycles. The Bertz CT molecular complexity index is 1340. The number of benzene rings is 2. The number of aliphatic hydroxyl groups is 1. The topological polar surface area (TPSA) is 42.4 Å². The Hall–Kier alpha value is -3.04. The fourth-order valence-corrected chi connectivity index (χ4v) is 6.32. The fraction of sp³-hybridized carbons (Fsp3) is 0.393. The van der Waals surface area contributed by atoms with E-state index < -0.39 is 53.3 Å². The lowest BCUT2D eigenvalue weighted by molar-refractivity contribution is -1.02. The number of fused-ring (bicyclic) bond motifs is 2. The van der Waals surface area contributed by atoms with Crippen LogP contribution in [0.4, 0.5) is 22.0 Å². The van der Waals surface area contributed by atoms with Gasteiger partial charge in [-0.05, 0) is 42.2 Å². The summed E-state index contributed by atoms with van der Waals surface area (Å²) < 4.78 is 77.0. The van der Waals surface area contributed by atoms with Crippen molar-refractivity contribution in [3.63, 3.8) is 0 Å². The Labute approximate surface area is 211 Å². The molecule has 2 aliphatic heterocycles. The molecule has 5 atom stereocenters. The second kappa shape index (κ2) is 9.68. The van der Waals surface area contributed by atoms with E-state index in [1.807, 2.05) is 6.08 Å². The molecule has 0 spiro atoms. The van der Waals surface area contributed by atoms with E-state index in [1.54, 1.807) is 30.5 Å². The van der Waals surface area contributed by atoms with Crippen molar-refractivity contribution >= 4 is 10.9 Å². The number of quaternary nitrogens is 1. The van der Waals surface area contributed by atoms with Crippen molar-refractivity contribution in [3.05, 3.63) is 83.3 Å². The van der Waals surface area contributed by atoms with E-state index in [9.17, 15) is 27.1 Å². The third-order valence-corrected chi connectivity index (χ3v) is 8.43. The van der Waals surface area contributed by atoms with Crippen LogP contribution in [0.3, 0.4) is 0 Å². The number of ether oxygens (including phenoxy) is 1. The monoisotopic (exact) mass is 519 g/mol. The molecule has 3 heterocycles. The van der Waals surface area contributed by atoms with Gasteiger partial charge in [-0.1, -0.05) is 6.08 Å². The van der Waals surface area contributed by atoms with Gasteiger partial charge >= 0.3 is 0 Å². The van der Waals surface area contributed by atoms with E-state index in [4.69, 9.17) is 4.74 Å². The highest BCUT2D eigenvalue weighted by Crippen LogP contribution is 2.48. The van der Waals surface area contributed by atoms with Gasteiger partial charge in [-0.25, -0.2) is 22.0 Å². The summed E-state index contributed by atoms with van der Waals surface area (Å²) in [5.74, 6) is -9.01. The summed E-state index contributed by atoms with van der Waals surface area (Å²) in [6, 6.07) is 6.34. The van der Waals surface area contributed by atoms with E-state index in [0.717, 1.165) is 0 Å². The lowest BCUT2D eigenvalue weighted by atomic mass is 9.85. The van der Waals surface area contributed by atoms with Gasteiger partial charge in [0.15, 0.2) is 23.3 Å². The SMILES string of the molecule is C=CC1CCC(C(O)c2ccnc3ccc(OC)cc23)[N@+]2(Cc3c(F)c(F)c(F)c(F)c3F)CCC2C1. The first-order chi connectivity index (χ1) is 17.7. The van der Waals surface area contributed by atoms with Crippen LogP contribution >= 0.6 is 0 Å². The number of allylic oxidation sites excluding steroid dienone is 1. The third kappa shape index (κ3) is 4.08. The number of pyridine rings is 1. The molecule has 2 fully saturated rings. The smallest absolute Gasteiger partial charge is 0.200 e. The van der Waals surface area contributed by atoms with Gasteiger partial charge in [0.1, 0.15) is 24.4 Å². The molecule has 0 amide bonds. The molecule has 0 bridgehead atoms. The second-order valence-corrected chi connectivity index (χ2v) is 10.1. The lowest BCUT2D eigenvalue weighted by Crippen LogP contribution is -2.69. The zero-order chi connectivity index (χ0) is 26.5. The molecule has 0 radical (unpaired) electrons. The van der Waals surface area contributed by atoms with Crippen molar-refractivity contribution in [2.75, 3.05) is 13.7 Å². The highest BCUT2D eigenvalue weighted by atomic mass is 19.2. The molecule has 2 aliphatic rings. The van der Waals surface area contributed by atoms with Crippen molar-refractivity contribution in [1.29, 1.82) is 0 Å². The van der Waals surface area contributed by atoms with E-state index in [-0.39, 0.29) is 16.4 Å². The molecular weight excluding hydrogens is 491 g/mol. The van der Waals surface area contributed by atoms with Gasteiger partial charge in [-0.15, -0.1) is 6.58 Å². The van der Waals surface area contributed by atoms with E-state index in [1.165, 1.54) is 7.11 Å². The number of hydrogen-bond donors (Lipinski definition) is 1. The summed E-state index contributed by atoms with van der Waals surface area (Å²) >= 11 is 0. The summed E-state index contributed by atoms with van der Waals surface area (Å²) in [6.45, 7) is 3.95. The van der Waals surface area contributed by atoms with Crippen molar-refractivity contribution in [2.24, 2.45) is 5.92 Å². The maximum absolute atomic E-state index is 14.8. The molecule has 1 N–H and O–H groups in total. The number of aromatic nitrogens is 1. The Morgan fingerprint density at radius 1 is 1.05 bits per heavy atom. The molecular formula is C28H28F5N2O2+. The number of aliphatic hydroxyl groups excluding tert-OH is 1. The van der Waals surface area contributed by atoms with Gasteiger partial charge in [0.05, 0.1) is 30.8 Å². The van der Waals surface area contributed by atoms with E-state index in [2.05, 4.69) is 11.6 Å². The minimum atomic E-state index is -2.17. The maximum atomic E-state index is 14.8. The number of rotatable bonds is 6. The standard InChI is InChI=1S/C28H28F5N2O2/c1-3-15-4-7-22(28(36)18-8-10-34-21-6-5-17(37-2)13-19(18)21)35(11-9-16(35)12-15)14-20-23(29)25(31)27(33)26(32)24(20)30/h3,5-6,8,10,13,15-16,22,28,36H,1,4,7,9,11-12,14H2,2H3/q+1/t15?,16?,22?,28?,35-/m0/s1. The molecule has 4 unspecified atom stereocenters. The van der Waals surface area contributed by atoms with Crippen LogP contribution in [0.2, 0.25) is 0 Å². The van der Waals surface area contributed by atoms with Gasteiger partial charge in [0.25, 0.3) is 0 Å². The van der Waals surface area contributed by atoms with Gasteiger partial charge in [0, 0.05) is 30.8 Å².